The zero-order valence-electron chi connectivity index (χ0n) is 47.1. The minimum Gasteiger partial charge on any atom is -0.508 e. The fraction of sp³-hybridized carbons (Fsp3) is 0.633. The summed E-state index contributed by atoms with van der Waals surface area (Å²) >= 11 is 0. The van der Waals surface area contributed by atoms with Gasteiger partial charge in [0, 0.05) is 55.9 Å². The Hall–Kier alpha value is -5.46. The van der Waals surface area contributed by atoms with Crippen LogP contribution < -0.4 is 21.4 Å². The number of rotatable bonds is 15. The molecule has 0 aromatic heterocycles. The standard InChI is InChI=1S/C60H89N5O12/c1-11-43-32-40(8)60(63-55(43)71)39(7)31-38(6)52(77-60)34-50(69)36(4)21-14-12-15-22-37(5)51-27-17-13-16-25-48(67)42(10)54(70)45(29-28-41(9)66)56(72)62-53(35(2)3)57(73)61-47(33-44-23-18-19-26-49(44)68)58(74)65-30-20-24-46(64-65)59(75)76-51/h12-13,15-19,22-23,25-26,31,35-36,38,40,42-43,45-48,50-54,64,67-70H,11,14,20-21,24,27-30,32-34H2,1-10H3,(H,61,73)(H,62,72)(H,63,71)/b15-12+,17-13-,25-16-,37-22+/t36-,38+,40-,42-,43-,45+,46-,47-,48-,50-,51-,52-,53-,54+,60-/m0/s1. The second kappa shape index (κ2) is 29.0. The molecule has 4 aliphatic rings. The number of cyclic esters (lactones) is 1. The summed E-state index contributed by atoms with van der Waals surface area (Å²) in [4.78, 5) is 82.1. The van der Waals surface area contributed by atoms with Crippen LogP contribution in [0.2, 0.25) is 0 Å². The number of nitrogens with one attached hydrogen (secondary N) is 4. The Labute approximate surface area is 456 Å². The molecule has 5 rings (SSSR count). The summed E-state index contributed by atoms with van der Waals surface area (Å²) in [5, 5.41) is 55.1. The Morgan fingerprint density at radius 1 is 0.987 bits per heavy atom. The van der Waals surface area contributed by atoms with E-state index in [9.17, 15) is 49.2 Å². The van der Waals surface area contributed by atoms with Gasteiger partial charge in [-0.25, -0.2) is 5.43 Å². The van der Waals surface area contributed by atoms with Crippen molar-refractivity contribution in [2.75, 3.05) is 6.54 Å². The third-order valence-corrected chi connectivity index (χ3v) is 16.3. The molecule has 4 heterocycles. The molecule has 15 atom stereocenters. The van der Waals surface area contributed by atoms with Gasteiger partial charge in [-0.05, 0) is 100 Å². The lowest BCUT2D eigenvalue weighted by Crippen LogP contribution is -2.64. The largest absolute Gasteiger partial charge is 0.508 e. The van der Waals surface area contributed by atoms with Crippen LogP contribution in [0.25, 0.3) is 0 Å². The molecule has 0 saturated carbocycles. The fourth-order valence-electron chi connectivity index (χ4n) is 10.9. The van der Waals surface area contributed by atoms with E-state index in [-0.39, 0.29) is 79.4 Å². The first-order valence-electron chi connectivity index (χ1n) is 28.0. The van der Waals surface area contributed by atoms with Crippen molar-refractivity contribution < 1.29 is 58.7 Å². The van der Waals surface area contributed by atoms with Crippen LogP contribution in [0.5, 0.6) is 5.75 Å². The molecule has 0 unspecified atom stereocenters. The number of nitrogens with zero attached hydrogens (tertiary/aromatic N) is 1. The van der Waals surface area contributed by atoms with Gasteiger partial charge in [0.25, 0.3) is 5.91 Å². The smallest absolute Gasteiger partial charge is 0.325 e. The summed E-state index contributed by atoms with van der Waals surface area (Å²) in [5.41, 5.74) is 4.26. The zero-order valence-corrected chi connectivity index (χ0v) is 47.1. The predicted octanol–water partition coefficient (Wildman–Crippen LogP) is 6.36. The number of Topliss-reactive ketones (excluding diaryl/α,β-unsaturated/α-hetero) is 1. The monoisotopic (exact) mass is 1070 g/mol. The van der Waals surface area contributed by atoms with E-state index in [2.05, 4.69) is 41.3 Å². The number of allylic oxidation sites excluding steroid dienone is 5. The number of carbonyl (C=O) groups is 6. The highest BCUT2D eigenvalue weighted by molar-refractivity contribution is 5.93. The van der Waals surface area contributed by atoms with Crippen LogP contribution in [-0.4, -0.2) is 122 Å². The SMILES string of the molecule is CC[C@H]1C[C@H](C)[C@@]2(NC1=O)O[C@@H](C[C@H](O)[C@@H](C)CC/C=C/C=C(\C)[C@@H]1C/C=C\C=C/[C@H](O)[C@H](C)[C@@H](O)[C@@H](CCC(C)=O)C(=O)N[C@@H](C(C)C)C(=O)N[C@@H](Cc3ccccc3O)C(=O)N3CCC[C@H](N3)C(=O)O1)[C@H](C)C=C2C. The molecule has 1 aromatic rings. The maximum absolute atomic E-state index is 14.5. The van der Waals surface area contributed by atoms with Crippen molar-refractivity contribution in [3.8, 4) is 5.75 Å². The molecule has 0 aliphatic carbocycles. The summed E-state index contributed by atoms with van der Waals surface area (Å²) < 4.78 is 13.0. The van der Waals surface area contributed by atoms with Gasteiger partial charge in [0.15, 0.2) is 5.72 Å². The first-order valence-corrected chi connectivity index (χ1v) is 28.0. The van der Waals surface area contributed by atoms with Gasteiger partial charge in [0.1, 0.15) is 35.8 Å². The molecule has 0 radical (unpaired) electrons. The van der Waals surface area contributed by atoms with E-state index in [0.717, 1.165) is 24.0 Å². The number of phenolic OH excluding ortho intramolecular Hbond substituents is 1. The third-order valence-electron chi connectivity index (χ3n) is 16.3. The Morgan fingerprint density at radius 3 is 2.40 bits per heavy atom. The highest BCUT2D eigenvalue weighted by Crippen LogP contribution is 2.43. The molecular formula is C60H89N5O12. The van der Waals surface area contributed by atoms with Crippen LogP contribution in [0.3, 0.4) is 0 Å². The average molecular weight is 1070 g/mol. The molecule has 77 heavy (non-hydrogen) atoms. The van der Waals surface area contributed by atoms with Crippen molar-refractivity contribution in [2.45, 2.75) is 194 Å². The number of aromatic hydroxyl groups is 1. The Bertz CT molecular complexity index is 2360. The van der Waals surface area contributed by atoms with E-state index in [4.69, 9.17) is 9.47 Å². The topological polar surface area (TPSA) is 253 Å². The first-order chi connectivity index (χ1) is 36.5. The zero-order chi connectivity index (χ0) is 56.7. The number of benzene rings is 1. The number of amides is 4. The normalized spacial score (nSPS) is 33.2. The molecule has 8 N–H and O–H groups in total. The molecule has 426 valence electrons. The van der Waals surface area contributed by atoms with Gasteiger partial charge in [0.2, 0.25) is 17.7 Å². The highest BCUT2D eigenvalue weighted by Gasteiger charge is 2.51. The van der Waals surface area contributed by atoms with Crippen molar-refractivity contribution >= 4 is 35.4 Å². The van der Waals surface area contributed by atoms with Crippen molar-refractivity contribution in [2.24, 2.45) is 41.4 Å². The third kappa shape index (κ3) is 16.8. The van der Waals surface area contributed by atoms with E-state index in [1.54, 1.807) is 57.2 Å². The van der Waals surface area contributed by atoms with E-state index >= 15 is 0 Å². The van der Waals surface area contributed by atoms with Crippen LogP contribution in [-0.2, 0) is 44.7 Å². The van der Waals surface area contributed by atoms with Gasteiger partial charge in [-0.2, -0.15) is 0 Å². The van der Waals surface area contributed by atoms with Crippen molar-refractivity contribution in [1.29, 1.82) is 0 Å². The number of carbonyl (C=O) groups excluding carboxylic acids is 6. The number of aliphatic hydroxyl groups excluding tert-OH is 3. The summed E-state index contributed by atoms with van der Waals surface area (Å²) in [6.07, 6.45) is 14.2. The second-order valence-electron chi connectivity index (χ2n) is 22.6. The van der Waals surface area contributed by atoms with Gasteiger partial charge in [0.05, 0.1) is 30.3 Å². The molecule has 17 nitrogen and oxygen atoms in total. The first kappa shape index (κ1) is 62.4. The molecular weight excluding hydrogens is 983 g/mol. The molecule has 17 heteroatoms. The maximum atomic E-state index is 14.5. The van der Waals surface area contributed by atoms with E-state index in [1.165, 1.54) is 24.1 Å². The number of phenols is 1. The minimum atomic E-state index is -1.43. The Morgan fingerprint density at radius 2 is 1.71 bits per heavy atom. The lowest BCUT2D eigenvalue weighted by molar-refractivity contribution is -0.179. The number of hydrazine groups is 1. The van der Waals surface area contributed by atoms with Crippen LogP contribution in [0, 0.1) is 41.4 Å². The number of hydrogen-bond acceptors (Lipinski definition) is 13. The number of ketones is 1. The summed E-state index contributed by atoms with van der Waals surface area (Å²) in [6.45, 7) is 18.7. The molecule has 2 bridgehead atoms. The number of fused-ring (bicyclic) bond motifs is 2. The van der Waals surface area contributed by atoms with Gasteiger partial charge >= 0.3 is 5.97 Å². The number of ether oxygens (including phenoxy) is 2. The summed E-state index contributed by atoms with van der Waals surface area (Å²) in [7, 11) is 0. The summed E-state index contributed by atoms with van der Waals surface area (Å²) in [6, 6.07) is 3.01. The van der Waals surface area contributed by atoms with Crippen LogP contribution in [0.4, 0.5) is 0 Å². The van der Waals surface area contributed by atoms with E-state index in [1.807, 2.05) is 45.9 Å². The van der Waals surface area contributed by atoms with E-state index in [0.29, 0.717) is 37.7 Å². The second-order valence-corrected chi connectivity index (χ2v) is 22.6. The van der Waals surface area contributed by atoms with Crippen LogP contribution in [0.1, 0.15) is 139 Å². The van der Waals surface area contributed by atoms with Crippen LogP contribution in [0.15, 0.2) is 84.0 Å². The van der Waals surface area contributed by atoms with Crippen LogP contribution >= 0.6 is 0 Å². The van der Waals surface area contributed by atoms with Crippen molar-refractivity contribution in [1.82, 2.24) is 26.4 Å². The Balaban J connectivity index is 1.35. The van der Waals surface area contributed by atoms with Gasteiger partial charge in [-0.3, -0.25) is 29.0 Å². The average Bonchev–Trinajstić information content (AvgIpc) is 3.39. The molecule has 4 amide bonds. The van der Waals surface area contributed by atoms with Gasteiger partial charge in [-0.15, -0.1) is 0 Å². The maximum Gasteiger partial charge on any atom is 0.325 e. The number of piperidine rings is 1. The molecule has 1 spiro atoms. The van der Waals surface area contributed by atoms with Gasteiger partial charge < -0.3 is 50.6 Å². The van der Waals surface area contributed by atoms with E-state index < -0.39 is 89.7 Å². The lowest BCUT2D eigenvalue weighted by atomic mass is 9.75. The Kier molecular flexibility index (Phi) is 23.5. The predicted molar refractivity (Wildman–Crippen MR) is 294 cm³/mol. The van der Waals surface area contributed by atoms with Crippen molar-refractivity contribution in [3.05, 3.63) is 89.6 Å². The molecule has 4 aliphatic heterocycles. The molecule has 1 aromatic carbocycles. The quantitative estimate of drug-likeness (QED) is 0.0542. The molecule has 2 fully saturated rings. The summed E-state index contributed by atoms with van der Waals surface area (Å²) in [5.74, 6) is -5.44. The highest BCUT2D eigenvalue weighted by atomic mass is 16.5. The number of aliphatic hydroxyl groups is 3. The minimum absolute atomic E-state index is 0.00792. The number of para-hydroxylation sites is 1. The number of hydrogen-bond donors (Lipinski definition) is 8. The number of esters is 1. The lowest BCUT2D eigenvalue weighted by Gasteiger charge is -2.51. The van der Waals surface area contributed by atoms with Gasteiger partial charge in [-0.1, -0.05) is 115 Å². The fourth-order valence-corrected chi connectivity index (χ4v) is 10.9. The van der Waals surface area contributed by atoms with Crippen molar-refractivity contribution in [3.63, 3.8) is 0 Å². The molecule has 2 saturated heterocycles.